The van der Waals surface area contributed by atoms with Gasteiger partial charge in [0.25, 0.3) is 5.91 Å². The monoisotopic (exact) mass is 408 g/mol. The molecule has 2 unspecified atom stereocenters. The zero-order valence-electron chi connectivity index (χ0n) is 17.2. The number of aryl methyl sites for hydroxylation is 2. The van der Waals surface area contributed by atoms with Gasteiger partial charge in [-0.05, 0) is 25.7 Å². The van der Waals surface area contributed by atoms with E-state index in [1.54, 1.807) is 6.20 Å². The summed E-state index contributed by atoms with van der Waals surface area (Å²) in [6.07, 6.45) is 5.15. The molecule has 0 bridgehead atoms. The van der Waals surface area contributed by atoms with Gasteiger partial charge in [-0.15, -0.1) is 0 Å². The average Bonchev–Trinajstić information content (AvgIpc) is 3.41. The number of fused-ring (bicyclic) bond motifs is 2. The largest absolute Gasteiger partial charge is 0.480 e. The predicted octanol–water partition coefficient (Wildman–Crippen LogP) is 1.05. The number of methoxy groups -OCH3 is 1. The van der Waals surface area contributed by atoms with Gasteiger partial charge in [0.15, 0.2) is 5.65 Å². The summed E-state index contributed by atoms with van der Waals surface area (Å²) in [7, 11) is 1.51. The van der Waals surface area contributed by atoms with Gasteiger partial charge in [0.2, 0.25) is 11.8 Å². The Morgan fingerprint density at radius 3 is 2.67 bits per heavy atom. The molecule has 0 radical (unpaired) electrons. The molecule has 2 aliphatic heterocycles. The molecule has 0 aromatic carbocycles. The minimum absolute atomic E-state index is 0.254. The van der Waals surface area contributed by atoms with Gasteiger partial charge in [0.1, 0.15) is 11.4 Å². The molecule has 0 saturated carbocycles. The summed E-state index contributed by atoms with van der Waals surface area (Å²) < 4.78 is 7.26. The number of rotatable bonds is 4. The Bertz CT molecular complexity index is 1120. The van der Waals surface area contributed by atoms with Crippen LogP contribution < -0.4 is 20.3 Å². The van der Waals surface area contributed by atoms with Gasteiger partial charge < -0.3 is 24.7 Å². The van der Waals surface area contributed by atoms with Crippen LogP contribution in [0.25, 0.3) is 5.65 Å². The zero-order chi connectivity index (χ0) is 20.8. The molecule has 2 fully saturated rings. The molecular weight excluding hydrogens is 384 g/mol. The van der Waals surface area contributed by atoms with Crippen molar-refractivity contribution >= 4 is 23.3 Å². The van der Waals surface area contributed by atoms with Gasteiger partial charge >= 0.3 is 0 Å². The molecular formula is C20H24N8O2. The summed E-state index contributed by atoms with van der Waals surface area (Å²) in [4.78, 5) is 32.9. The second-order valence-electron chi connectivity index (χ2n) is 7.96. The Morgan fingerprint density at radius 2 is 1.93 bits per heavy atom. The lowest BCUT2D eigenvalue weighted by Crippen LogP contribution is -2.27. The Kier molecular flexibility index (Phi) is 4.50. The van der Waals surface area contributed by atoms with Crippen molar-refractivity contribution in [3.8, 4) is 5.88 Å². The van der Waals surface area contributed by atoms with Crippen molar-refractivity contribution in [2.45, 2.75) is 13.8 Å². The van der Waals surface area contributed by atoms with Crippen molar-refractivity contribution in [1.82, 2.24) is 29.7 Å². The highest BCUT2D eigenvalue weighted by atomic mass is 16.5. The lowest BCUT2D eigenvalue weighted by molar-refractivity contribution is 0.102. The summed E-state index contributed by atoms with van der Waals surface area (Å²) in [6.45, 7) is 7.67. The summed E-state index contributed by atoms with van der Waals surface area (Å²) in [5.41, 5.74) is 2.65. The standard InChI is InChI=1S/C20H24N8O2/c1-11-7-27-10-16(24-12(2)17(27)23-11)25-18(29)15-6-22-20(26-19(15)30-3)28-8-13-4-21-5-14(13)9-28/h6-7,10,13-14,21H,4-5,8-9H2,1-3H3,(H,25,29). The summed E-state index contributed by atoms with van der Waals surface area (Å²) >= 11 is 0. The van der Waals surface area contributed by atoms with Crippen LogP contribution in [0.2, 0.25) is 0 Å². The second kappa shape index (κ2) is 7.21. The van der Waals surface area contributed by atoms with E-state index in [9.17, 15) is 4.79 Å². The van der Waals surface area contributed by atoms with Crippen molar-refractivity contribution in [3.05, 3.63) is 35.5 Å². The van der Waals surface area contributed by atoms with Crippen LogP contribution in [0, 0.1) is 25.7 Å². The fourth-order valence-electron chi connectivity index (χ4n) is 4.36. The van der Waals surface area contributed by atoms with Crippen LogP contribution in [0.3, 0.4) is 0 Å². The van der Waals surface area contributed by atoms with Gasteiger partial charge in [0.05, 0.1) is 24.7 Å². The summed E-state index contributed by atoms with van der Waals surface area (Å²) in [5.74, 6) is 2.15. The molecule has 10 nitrogen and oxygen atoms in total. The third kappa shape index (κ3) is 3.22. The van der Waals surface area contributed by atoms with E-state index in [1.807, 2.05) is 24.4 Å². The number of hydrogen-bond donors (Lipinski definition) is 2. The van der Waals surface area contributed by atoms with E-state index in [4.69, 9.17) is 4.74 Å². The van der Waals surface area contributed by atoms with Crippen molar-refractivity contribution in [2.75, 3.05) is 43.5 Å². The molecule has 2 saturated heterocycles. The van der Waals surface area contributed by atoms with Crippen molar-refractivity contribution < 1.29 is 9.53 Å². The van der Waals surface area contributed by atoms with Gasteiger partial charge in [-0.3, -0.25) is 4.79 Å². The predicted molar refractivity (Wildman–Crippen MR) is 111 cm³/mol. The van der Waals surface area contributed by atoms with E-state index in [1.165, 1.54) is 13.3 Å². The molecule has 2 atom stereocenters. The first-order valence-corrected chi connectivity index (χ1v) is 10.0. The highest BCUT2D eigenvalue weighted by molar-refractivity contribution is 6.05. The first-order chi connectivity index (χ1) is 14.5. The Morgan fingerprint density at radius 1 is 1.17 bits per heavy atom. The Balaban J connectivity index is 1.37. The van der Waals surface area contributed by atoms with Crippen molar-refractivity contribution in [1.29, 1.82) is 0 Å². The third-order valence-electron chi connectivity index (χ3n) is 5.82. The van der Waals surface area contributed by atoms with Crippen LogP contribution in [-0.4, -0.2) is 63.5 Å². The fraction of sp³-hybridized carbons (Fsp3) is 0.450. The molecule has 2 aliphatic rings. The van der Waals surface area contributed by atoms with Crippen LogP contribution >= 0.6 is 0 Å². The number of nitrogens with one attached hydrogen (secondary N) is 2. The minimum Gasteiger partial charge on any atom is -0.480 e. The highest BCUT2D eigenvalue weighted by Gasteiger charge is 2.37. The van der Waals surface area contributed by atoms with Gasteiger partial charge in [-0.1, -0.05) is 0 Å². The maximum atomic E-state index is 12.9. The summed E-state index contributed by atoms with van der Waals surface area (Å²) in [5, 5.41) is 6.24. The molecule has 3 aromatic rings. The van der Waals surface area contributed by atoms with E-state index in [0.29, 0.717) is 23.6 Å². The molecule has 5 rings (SSSR count). The zero-order valence-corrected chi connectivity index (χ0v) is 17.2. The molecule has 0 aliphatic carbocycles. The SMILES string of the molecule is COc1nc(N2CC3CNCC3C2)ncc1C(=O)Nc1cn2cc(C)nc2c(C)n1. The first-order valence-electron chi connectivity index (χ1n) is 10.0. The number of hydrogen-bond acceptors (Lipinski definition) is 8. The second-order valence-corrected chi connectivity index (χ2v) is 7.96. The van der Waals surface area contributed by atoms with Crippen LogP contribution in [0.15, 0.2) is 18.6 Å². The third-order valence-corrected chi connectivity index (χ3v) is 5.82. The smallest absolute Gasteiger partial charge is 0.263 e. The molecule has 0 spiro atoms. The fourth-order valence-corrected chi connectivity index (χ4v) is 4.36. The number of aromatic nitrogens is 5. The topological polar surface area (TPSA) is 110 Å². The van der Waals surface area contributed by atoms with E-state index in [0.717, 1.165) is 43.2 Å². The molecule has 5 heterocycles. The number of nitrogens with zero attached hydrogens (tertiary/aromatic N) is 6. The van der Waals surface area contributed by atoms with Crippen LogP contribution in [0.5, 0.6) is 5.88 Å². The molecule has 1 amide bonds. The number of amides is 1. The first kappa shape index (κ1) is 18.7. The quantitative estimate of drug-likeness (QED) is 0.659. The van der Waals surface area contributed by atoms with Gasteiger partial charge in [-0.25, -0.2) is 15.0 Å². The Hall–Kier alpha value is -3.27. The molecule has 30 heavy (non-hydrogen) atoms. The molecule has 2 N–H and O–H groups in total. The van der Waals surface area contributed by atoms with Crippen LogP contribution in [-0.2, 0) is 0 Å². The number of anilines is 2. The number of imidazole rings is 1. The maximum Gasteiger partial charge on any atom is 0.263 e. The maximum absolute atomic E-state index is 12.9. The van der Waals surface area contributed by atoms with Crippen molar-refractivity contribution in [2.24, 2.45) is 11.8 Å². The van der Waals surface area contributed by atoms with Crippen molar-refractivity contribution in [3.63, 3.8) is 0 Å². The van der Waals surface area contributed by atoms with E-state index in [-0.39, 0.29) is 17.4 Å². The Labute approximate surface area is 173 Å². The number of ether oxygens (including phenoxy) is 1. The number of carbonyl (C=O) groups is 1. The molecule has 10 heteroatoms. The highest BCUT2D eigenvalue weighted by Crippen LogP contribution is 2.30. The van der Waals surface area contributed by atoms with Gasteiger partial charge in [-0.2, -0.15) is 4.98 Å². The van der Waals surface area contributed by atoms with E-state index in [2.05, 4.69) is 35.5 Å². The van der Waals surface area contributed by atoms with E-state index >= 15 is 0 Å². The minimum atomic E-state index is -0.371. The molecule has 3 aromatic heterocycles. The summed E-state index contributed by atoms with van der Waals surface area (Å²) in [6, 6.07) is 0. The van der Waals surface area contributed by atoms with Gasteiger partial charge in [0, 0.05) is 38.6 Å². The van der Waals surface area contributed by atoms with Crippen LogP contribution in [0.1, 0.15) is 21.7 Å². The normalized spacial score (nSPS) is 20.6. The van der Waals surface area contributed by atoms with Crippen LogP contribution in [0.4, 0.5) is 11.8 Å². The number of carbonyl (C=O) groups excluding carboxylic acids is 1. The lowest BCUT2D eigenvalue weighted by atomic mass is 10.0. The molecule has 156 valence electrons. The average molecular weight is 408 g/mol. The lowest BCUT2D eigenvalue weighted by Gasteiger charge is -2.18. The van der Waals surface area contributed by atoms with E-state index < -0.39 is 0 Å².